The summed E-state index contributed by atoms with van der Waals surface area (Å²) in [6, 6.07) is 0. The number of rotatable bonds is 8. The lowest BCUT2D eigenvalue weighted by molar-refractivity contribution is 0.0553. The molecule has 3 nitrogen and oxygen atoms in total. The molecule has 0 bridgehead atoms. The molecule has 0 aromatic carbocycles. The predicted octanol–water partition coefficient (Wildman–Crippen LogP) is 2.33. The SMILES string of the molecule is CCC(C)(O)CNCCCCC1CCOCC1. The Morgan fingerprint density at radius 3 is 2.65 bits per heavy atom. The van der Waals surface area contributed by atoms with Crippen molar-refractivity contribution >= 4 is 0 Å². The average molecular weight is 243 g/mol. The topological polar surface area (TPSA) is 41.5 Å². The van der Waals surface area contributed by atoms with Gasteiger partial charge in [-0.15, -0.1) is 0 Å². The summed E-state index contributed by atoms with van der Waals surface area (Å²) < 4.78 is 5.35. The normalized spacial score (nSPS) is 21.4. The maximum absolute atomic E-state index is 9.81. The molecule has 1 aliphatic heterocycles. The summed E-state index contributed by atoms with van der Waals surface area (Å²) in [5, 5.41) is 13.1. The first-order valence-electron chi connectivity index (χ1n) is 7.15. The third-order valence-electron chi connectivity index (χ3n) is 3.82. The van der Waals surface area contributed by atoms with E-state index in [1.807, 2.05) is 13.8 Å². The fourth-order valence-corrected chi connectivity index (χ4v) is 2.20. The Morgan fingerprint density at radius 2 is 2.00 bits per heavy atom. The molecule has 1 atom stereocenters. The van der Waals surface area contributed by atoms with E-state index >= 15 is 0 Å². The zero-order valence-electron chi connectivity index (χ0n) is 11.5. The Kier molecular flexibility index (Phi) is 7.09. The second-order valence-electron chi connectivity index (χ2n) is 5.58. The predicted molar refractivity (Wildman–Crippen MR) is 71.2 cm³/mol. The lowest BCUT2D eigenvalue weighted by Crippen LogP contribution is -2.37. The minimum absolute atomic E-state index is 0.541. The maximum Gasteiger partial charge on any atom is 0.0740 e. The quantitative estimate of drug-likeness (QED) is 0.643. The maximum atomic E-state index is 9.81. The molecular weight excluding hydrogens is 214 g/mol. The average Bonchev–Trinajstić information content (AvgIpc) is 2.35. The number of unbranched alkanes of at least 4 members (excludes halogenated alkanes) is 1. The molecule has 0 aromatic heterocycles. The molecule has 0 aliphatic carbocycles. The molecule has 0 spiro atoms. The first kappa shape index (κ1) is 14.9. The van der Waals surface area contributed by atoms with E-state index in [0.717, 1.165) is 32.1 Å². The molecule has 3 heteroatoms. The molecule has 0 radical (unpaired) electrons. The number of hydrogen-bond donors (Lipinski definition) is 2. The van der Waals surface area contributed by atoms with Gasteiger partial charge in [0.1, 0.15) is 0 Å². The highest BCUT2D eigenvalue weighted by molar-refractivity contribution is 4.73. The molecule has 0 amide bonds. The number of nitrogens with one attached hydrogen (secondary N) is 1. The molecule has 0 aromatic rings. The zero-order chi connectivity index (χ0) is 12.6. The molecule has 1 fully saturated rings. The molecule has 1 rings (SSSR count). The van der Waals surface area contributed by atoms with Crippen LogP contribution in [0.2, 0.25) is 0 Å². The largest absolute Gasteiger partial charge is 0.389 e. The van der Waals surface area contributed by atoms with Crippen LogP contribution in [-0.4, -0.2) is 37.0 Å². The summed E-state index contributed by atoms with van der Waals surface area (Å²) in [7, 11) is 0. The fourth-order valence-electron chi connectivity index (χ4n) is 2.20. The van der Waals surface area contributed by atoms with Crippen LogP contribution in [0.5, 0.6) is 0 Å². The highest BCUT2D eigenvalue weighted by atomic mass is 16.5. The van der Waals surface area contributed by atoms with Gasteiger partial charge in [0.15, 0.2) is 0 Å². The molecule has 17 heavy (non-hydrogen) atoms. The van der Waals surface area contributed by atoms with Crippen LogP contribution in [0.4, 0.5) is 0 Å². The summed E-state index contributed by atoms with van der Waals surface area (Å²) in [4.78, 5) is 0. The zero-order valence-corrected chi connectivity index (χ0v) is 11.5. The Labute approximate surface area is 106 Å². The van der Waals surface area contributed by atoms with E-state index < -0.39 is 5.60 Å². The molecule has 1 aliphatic rings. The van der Waals surface area contributed by atoms with Crippen molar-refractivity contribution in [3.63, 3.8) is 0 Å². The standard InChI is InChI=1S/C14H29NO2/c1-3-14(2,16)12-15-9-5-4-6-13-7-10-17-11-8-13/h13,15-16H,3-12H2,1-2H3. The summed E-state index contributed by atoms with van der Waals surface area (Å²) >= 11 is 0. The van der Waals surface area contributed by atoms with Crippen molar-refractivity contribution in [2.75, 3.05) is 26.3 Å². The van der Waals surface area contributed by atoms with Crippen LogP contribution in [0.15, 0.2) is 0 Å². The van der Waals surface area contributed by atoms with E-state index in [1.54, 1.807) is 0 Å². The third kappa shape index (κ3) is 7.02. The fraction of sp³-hybridized carbons (Fsp3) is 1.00. The van der Waals surface area contributed by atoms with Gasteiger partial charge in [-0.25, -0.2) is 0 Å². The van der Waals surface area contributed by atoms with Crippen LogP contribution in [0.25, 0.3) is 0 Å². The molecule has 1 unspecified atom stereocenters. The number of ether oxygens (including phenoxy) is 1. The highest BCUT2D eigenvalue weighted by Crippen LogP contribution is 2.20. The van der Waals surface area contributed by atoms with Crippen molar-refractivity contribution in [1.29, 1.82) is 0 Å². The molecule has 0 saturated carbocycles. The van der Waals surface area contributed by atoms with Gasteiger partial charge in [0.05, 0.1) is 5.60 Å². The van der Waals surface area contributed by atoms with Gasteiger partial charge in [-0.2, -0.15) is 0 Å². The van der Waals surface area contributed by atoms with Gasteiger partial charge in [0.2, 0.25) is 0 Å². The molecule has 1 heterocycles. The van der Waals surface area contributed by atoms with Gasteiger partial charge in [-0.1, -0.05) is 19.8 Å². The summed E-state index contributed by atoms with van der Waals surface area (Å²) in [6.45, 7) is 7.57. The lowest BCUT2D eigenvalue weighted by atomic mass is 9.94. The Bertz CT molecular complexity index is 189. The van der Waals surface area contributed by atoms with Crippen molar-refractivity contribution in [2.45, 2.75) is 58.0 Å². The third-order valence-corrected chi connectivity index (χ3v) is 3.82. The van der Waals surface area contributed by atoms with Crippen LogP contribution in [0, 0.1) is 5.92 Å². The van der Waals surface area contributed by atoms with Gasteiger partial charge in [-0.3, -0.25) is 0 Å². The first-order chi connectivity index (χ1) is 8.14. The summed E-state index contributed by atoms with van der Waals surface area (Å²) in [6.07, 6.45) is 7.16. The van der Waals surface area contributed by atoms with Gasteiger partial charge in [0.25, 0.3) is 0 Å². The monoisotopic (exact) mass is 243 g/mol. The second kappa shape index (κ2) is 8.06. The van der Waals surface area contributed by atoms with E-state index in [2.05, 4.69) is 5.32 Å². The van der Waals surface area contributed by atoms with Crippen LogP contribution < -0.4 is 5.32 Å². The Morgan fingerprint density at radius 1 is 1.29 bits per heavy atom. The second-order valence-corrected chi connectivity index (χ2v) is 5.58. The lowest BCUT2D eigenvalue weighted by Gasteiger charge is -2.23. The van der Waals surface area contributed by atoms with Crippen molar-refractivity contribution in [3.05, 3.63) is 0 Å². The van der Waals surface area contributed by atoms with Crippen molar-refractivity contribution < 1.29 is 9.84 Å². The van der Waals surface area contributed by atoms with E-state index in [-0.39, 0.29) is 0 Å². The Balaban J connectivity index is 1.90. The highest BCUT2D eigenvalue weighted by Gasteiger charge is 2.16. The minimum atomic E-state index is -0.541. The number of aliphatic hydroxyl groups is 1. The molecule has 1 saturated heterocycles. The van der Waals surface area contributed by atoms with E-state index in [0.29, 0.717) is 6.54 Å². The van der Waals surface area contributed by atoms with Gasteiger partial charge < -0.3 is 15.2 Å². The first-order valence-corrected chi connectivity index (χ1v) is 7.15. The number of hydrogen-bond acceptors (Lipinski definition) is 3. The van der Waals surface area contributed by atoms with E-state index in [9.17, 15) is 5.11 Å². The van der Waals surface area contributed by atoms with Crippen LogP contribution >= 0.6 is 0 Å². The van der Waals surface area contributed by atoms with Gasteiger partial charge >= 0.3 is 0 Å². The van der Waals surface area contributed by atoms with Gasteiger partial charge in [-0.05, 0) is 45.1 Å². The van der Waals surface area contributed by atoms with E-state index in [1.165, 1.54) is 32.1 Å². The summed E-state index contributed by atoms with van der Waals surface area (Å²) in [5.41, 5.74) is -0.541. The smallest absolute Gasteiger partial charge is 0.0740 e. The van der Waals surface area contributed by atoms with E-state index in [4.69, 9.17) is 4.74 Å². The van der Waals surface area contributed by atoms with Crippen LogP contribution in [0.1, 0.15) is 52.4 Å². The van der Waals surface area contributed by atoms with Crippen LogP contribution in [-0.2, 0) is 4.74 Å². The van der Waals surface area contributed by atoms with Gasteiger partial charge in [0, 0.05) is 19.8 Å². The molecule has 102 valence electrons. The molecule has 2 N–H and O–H groups in total. The minimum Gasteiger partial charge on any atom is -0.389 e. The summed E-state index contributed by atoms with van der Waals surface area (Å²) in [5.74, 6) is 0.891. The van der Waals surface area contributed by atoms with Crippen LogP contribution in [0.3, 0.4) is 0 Å². The van der Waals surface area contributed by atoms with Crippen molar-refractivity contribution in [1.82, 2.24) is 5.32 Å². The molecular formula is C14H29NO2. The Hall–Kier alpha value is -0.120. The van der Waals surface area contributed by atoms with Crippen molar-refractivity contribution in [3.8, 4) is 0 Å². The van der Waals surface area contributed by atoms with Crippen molar-refractivity contribution in [2.24, 2.45) is 5.92 Å².